The Hall–Kier alpha value is -2.24. The van der Waals surface area contributed by atoms with Gasteiger partial charge in [0.1, 0.15) is 0 Å². The monoisotopic (exact) mass is 377 g/mol. The molecule has 2 aromatic rings. The fourth-order valence-electron chi connectivity index (χ4n) is 2.45. The number of halogens is 1. The molecule has 2 aromatic carbocycles. The summed E-state index contributed by atoms with van der Waals surface area (Å²) in [6, 6.07) is 10.6. The summed E-state index contributed by atoms with van der Waals surface area (Å²) in [7, 11) is 0. The number of carboxylic acid groups (broad SMARTS) is 1. The summed E-state index contributed by atoms with van der Waals surface area (Å²) in [6.45, 7) is 7.54. The molecule has 0 unspecified atom stereocenters. The van der Waals surface area contributed by atoms with E-state index in [0.29, 0.717) is 36.2 Å². The van der Waals surface area contributed by atoms with Crippen molar-refractivity contribution in [2.24, 2.45) is 0 Å². The Morgan fingerprint density at radius 1 is 1.15 bits per heavy atom. The second kappa shape index (κ2) is 9.46. The van der Waals surface area contributed by atoms with Gasteiger partial charge in [0, 0.05) is 13.1 Å². The summed E-state index contributed by atoms with van der Waals surface area (Å²) in [5.41, 5.74) is 2.27. The van der Waals surface area contributed by atoms with Crippen LogP contribution in [0.4, 0.5) is 0 Å². The van der Waals surface area contributed by atoms with E-state index in [4.69, 9.17) is 26.2 Å². The molecule has 0 amide bonds. The van der Waals surface area contributed by atoms with Crippen molar-refractivity contribution in [1.82, 2.24) is 5.32 Å². The molecule has 0 bridgehead atoms. The van der Waals surface area contributed by atoms with Gasteiger partial charge in [0.05, 0.1) is 23.3 Å². The normalized spacial score (nSPS) is 10.8. The smallest absolute Gasteiger partial charge is 0.335 e. The highest BCUT2D eigenvalue weighted by atomic mass is 35.5. The van der Waals surface area contributed by atoms with E-state index in [-0.39, 0.29) is 11.7 Å². The van der Waals surface area contributed by atoms with Gasteiger partial charge in [-0.1, -0.05) is 23.7 Å². The van der Waals surface area contributed by atoms with E-state index in [1.54, 1.807) is 24.3 Å². The van der Waals surface area contributed by atoms with Gasteiger partial charge in [-0.2, -0.15) is 0 Å². The summed E-state index contributed by atoms with van der Waals surface area (Å²) in [5.74, 6) is 0.277. The van der Waals surface area contributed by atoms with Crippen molar-refractivity contribution in [2.75, 3.05) is 6.61 Å². The Morgan fingerprint density at radius 3 is 2.38 bits per heavy atom. The molecule has 26 heavy (non-hydrogen) atoms. The third-order valence-corrected chi connectivity index (χ3v) is 3.86. The van der Waals surface area contributed by atoms with Crippen LogP contribution in [-0.4, -0.2) is 23.8 Å². The van der Waals surface area contributed by atoms with Crippen LogP contribution in [0.25, 0.3) is 0 Å². The molecular weight excluding hydrogens is 354 g/mol. The largest absolute Gasteiger partial charge is 0.490 e. The molecule has 0 radical (unpaired) electrons. The standard InChI is InChI=1S/C20H24ClNO4/c1-4-25-18-10-15(9-17(21)19(18)26-13(2)3)12-22-11-14-5-7-16(8-6-14)20(23)24/h5-10,13,22H,4,11-12H2,1-3H3,(H,23,24). The quantitative estimate of drug-likeness (QED) is 0.672. The number of carboxylic acids is 1. The molecule has 0 saturated carbocycles. The molecule has 0 fully saturated rings. The Bertz CT molecular complexity index is 744. The van der Waals surface area contributed by atoms with E-state index in [1.165, 1.54) is 0 Å². The molecule has 0 atom stereocenters. The summed E-state index contributed by atoms with van der Waals surface area (Å²) >= 11 is 6.37. The zero-order chi connectivity index (χ0) is 19.1. The summed E-state index contributed by atoms with van der Waals surface area (Å²) in [5, 5.41) is 12.8. The first-order chi connectivity index (χ1) is 12.4. The number of carbonyl (C=O) groups is 1. The highest BCUT2D eigenvalue weighted by molar-refractivity contribution is 6.32. The first kappa shape index (κ1) is 20.1. The van der Waals surface area contributed by atoms with Crippen LogP contribution in [0.3, 0.4) is 0 Å². The van der Waals surface area contributed by atoms with Gasteiger partial charge < -0.3 is 19.9 Å². The van der Waals surface area contributed by atoms with Crippen LogP contribution in [0, 0.1) is 0 Å². The second-order valence-corrected chi connectivity index (χ2v) is 6.52. The molecule has 2 rings (SSSR count). The van der Waals surface area contributed by atoms with Gasteiger partial charge >= 0.3 is 5.97 Å². The summed E-state index contributed by atoms with van der Waals surface area (Å²) in [6.07, 6.45) is 0.00413. The Balaban J connectivity index is 2.03. The lowest BCUT2D eigenvalue weighted by atomic mass is 10.1. The van der Waals surface area contributed by atoms with E-state index in [1.807, 2.05) is 32.9 Å². The number of rotatable bonds is 9. The van der Waals surface area contributed by atoms with Crippen molar-refractivity contribution in [2.45, 2.75) is 40.0 Å². The van der Waals surface area contributed by atoms with Crippen LogP contribution in [0.2, 0.25) is 5.02 Å². The lowest BCUT2D eigenvalue weighted by Crippen LogP contribution is -2.14. The predicted molar refractivity (Wildman–Crippen MR) is 102 cm³/mol. The fraction of sp³-hybridized carbons (Fsp3) is 0.350. The van der Waals surface area contributed by atoms with Gasteiger partial charge in [-0.15, -0.1) is 0 Å². The van der Waals surface area contributed by atoms with Crippen molar-refractivity contribution in [3.05, 3.63) is 58.1 Å². The molecule has 2 N–H and O–H groups in total. The Labute approximate surface area is 158 Å². The summed E-state index contributed by atoms with van der Waals surface area (Å²) in [4.78, 5) is 10.9. The molecule has 0 saturated heterocycles. The number of ether oxygens (including phenoxy) is 2. The third kappa shape index (κ3) is 5.64. The lowest BCUT2D eigenvalue weighted by Gasteiger charge is -2.17. The van der Waals surface area contributed by atoms with Gasteiger partial charge in [-0.25, -0.2) is 4.79 Å². The number of aromatic carboxylic acids is 1. The van der Waals surface area contributed by atoms with Gasteiger partial charge in [-0.3, -0.25) is 0 Å². The Kier molecular flexibility index (Phi) is 7.30. The maximum Gasteiger partial charge on any atom is 0.335 e. The topological polar surface area (TPSA) is 67.8 Å². The molecule has 0 aliphatic carbocycles. The Morgan fingerprint density at radius 2 is 1.81 bits per heavy atom. The maximum atomic E-state index is 10.9. The molecule has 6 heteroatoms. The van der Waals surface area contributed by atoms with E-state index in [0.717, 1.165) is 11.1 Å². The second-order valence-electron chi connectivity index (χ2n) is 6.11. The lowest BCUT2D eigenvalue weighted by molar-refractivity contribution is 0.0697. The molecule has 0 aliphatic heterocycles. The van der Waals surface area contributed by atoms with E-state index < -0.39 is 5.97 Å². The van der Waals surface area contributed by atoms with Crippen molar-refractivity contribution in [3.8, 4) is 11.5 Å². The minimum atomic E-state index is -0.925. The highest BCUT2D eigenvalue weighted by Gasteiger charge is 2.14. The molecule has 0 aliphatic rings. The van der Waals surface area contributed by atoms with E-state index >= 15 is 0 Å². The van der Waals surface area contributed by atoms with Crippen molar-refractivity contribution < 1.29 is 19.4 Å². The SMILES string of the molecule is CCOc1cc(CNCc2ccc(C(=O)O)cc2)cc(Cl)c1OC(C)C. The van der Waals surface area contributed by atoms with Crippen LogP contribution in [-0.2, 0) is 13.1 Å². The fourth-order valence-corrected chi connectivity index (χ4v) is 2.73. The van der Waals surface area contributed by atoms with Crippen LogP contribution < -0.4 is 14.8 Å². The van der Waals surface area contributed by atoms with Crippen LogP contribution in [0.5, 0.6) is 11.5 Å². The van der Waals surface area contributed by atoms with Gasteiger partial charge in [0.2, 0.25) is 0 Å². The first-order valence-electron chi connectivity index (χ1n) is 8.55. The minimum Gasteiger partial charge on any atom is -0.490 e. The van der Waals surface area contributed by atoms with Crippen LogP contribution in [0.1, 0.15) is 42.3 Å². The number of benzene rings is 2. The molecule has 0 aromatic heterocycles. The summed E-state index contributed by atoms with van der Waals surface area (Å²) < 4.78 is 11.4. The number of hydrogen-bond donors (Lipinski definition) is 2. The van der Waals surface area contributed by atoms with Crippen molar-refractivity contribution in [3.63, 3.8) is 0 Å². The van der Waals surface area contributed by atoms with Gasteiger partial charge in [0.15, 0.2) is 11.5 Å². The third-order valence-electron chi connectivity index (χ3n) is 3.58. The molecular formula is C20H24ClNO4. The average Bonchev–Trinajstić information content (AvgIpc) is 2.58. The van der Waals surface area contributed by atoms with E-state index in [2.05, 4.69) is 5.32 Å². The maximum absolute atomic E-state index is 10.9. The van der Waals surface area contributed by atoms with Crippen molar-refractivity contribution >= 4 is 17.6 Å². The minimum absolute atomic E-state index is 0.00413. The zero-order valence-electron chi connectivity index (χ0n) is 15.2. The molecule has 140 valence electrons. The van der Waals surface area contributed by atoms with Crippen LogP contribution in [0.15, 0.2) is 36.4 Å². The molecule has 0 heterocycles. The average molecular weight is 378 g/mol. The van der Waals surface area contributed by atoms with E-state index in [9.17, 15) is 4.79 Å². The van der Waals surface area contributed by atoms with Gasteiger partial charge in [0.25, 0.3) is 0 Å². The van der Waals surface area contributed by atoms with Crippen LogP contribution >= 0.6 is 11.6 Å². The van der Waals surface area contributed by atoms with Gasteiger partial charge in [-0.05, 0) is 56.2 Å². The predicted octanol–water partition coefficient (Wildman–Crippen LogP) is 4.51. The van der Waals surface area contributed by atoms with Crippen molar-refractivity contribution in [1.29, 1.82) is 0 Å². The molecule has 5 nitrogen and oxygen atoms in total. The highest BCUT2D eigenvalue weighted by Crippen LogP contribution is 2.37. The first-order valence-corrected chi connectivity index (χ1v) is 8.93. The zero-order valence-corrected chi connectivity index (χ0v) is 16.0. The number of hydrogen-bond acceptors (Lipinski definition) is 4. The number of nitrogens with one attached hydrogen (secondary N) is 1. The molecule has 0 spiro atoms.